The van der Waals surface area contributed by atoms with Crippen molar-refractivity contribution in [2.24, 2.45) is 0 Å². The molecule has 1 N–H and O–H groups in total. The third kappa shape index (κ3) is 4.91. The van der Waals surface area contributed by atoms with Crippen LogP contribution < -0.4 is 5.32 Å². The van der Waals surface area contributed by atoms with Crippen LogP contribution in [0.4, 0.5) is 5.69 Å². The highest BCUT2D eigenvalue weighted by Gasteiger charge is 2.18. The van der Waals surface area contributed by atoms with Gasteiger partial charge in [-0.1, -0.05) is 60.7 Å². The molecule has 6 heteroatoms. The molecule has 0 unspecified atom stereocenters. The molecule has 3 rings (SSSR count). The van der Waals surface area contributed by atoms with Crippen molar-refractivity contribution in [3.63, 3.8) is 0 Å². The number of nitrogens with one attached hydrogen (secondary N) is 1. The minimum Gasteiger partial charge on any atom is -0.326 e. The Hall–Kier alpha value is -2.96. The van der Waals surface area contributed by atoms with E-state index in [1.807, 2.05) is 61.5 Å². The number of anilines is 1. The number of hydrogen-bond donors (Lipinski definition) is 1. The summed E-state index contributed by atoms with van der Waals surface area (Å²) in [5.74, 6) is -0.194. The maximum absolute atomic E-state index is 12.5. The molecule has 0 heterocycles. The summed E-state index contributed by atoms with van der Waals surface area (Å²) in [6.07, 6.45) is 0.208. The lowest BCUT2D eigenvalue weighted by Gasteiger charge is -2.14. The van der Waals surface area contributed by atoms with Crippen molar-refractivity contribution in [2.45, 2.75) is 18.2 Å². The molecule has 0 radical (unpaired) electrons. The van der Waals surface area contributed by atoms with E-state index in [-0.39, 0.29) is 17.2 Å². The molecule has 0 bridgehead atoms. The molecule has 0 saturated carbocycles. The van der Waals surface area contributed by atoms with Crippen molar-refractivity contribution in [1.29, 1.82) is 0 Å². The standard InChI is InChI=1S/C23H24N2O3S/c1-17-9-14-21(29(27,28)25(2)3)16-22(17)24-23(26)15-18-10-12-20(13-11-18)19-7-5-4-6-8-19/h4-14,16H,15H2,1-3H3,(H,24,26). The molecule has 0 saturated heterocycles. The molecule has 3 aromatic rings. The Kier molecular flexibility index (Phi) is 6.15. The number of aryl methyl sites for hydroxylation is 1. The van der Waals surface area contributed by atoms with E-state index in [1.54, 1.807) is 12.1 Å². The van der Waals surface area contributed by atoms with Crippen LogP contribution in [0.25, 0.3) is 11.1 Å². The van der Waals surface area contributed by atoms with Crippen LogP contribution in [-0.4, -0.2) is 32.7 Å². The monoisotopic (exact) mass is 408 g/mol. The van der Waals surface area contributed by atoms with Crippen LogP contribution in [0.15, 0.2) is 77.7 Å². The minimum absolute atomic E-state index is 0.149. The highest BCUT2D eigenvalue weighted by molar-refractivity contribution is 7.89. The lowest BCUT2D eigenvalue weighted by molar-refractivity contribution is -0.115. The van der Waals surface area contributed by atoms with Gasteiger partial charge in [0.25, 0.3) is 0 Å². The van der Waals surface area contributed by atoms with E-state index in [0.717, 1.165) is 26.6 Å². The first-order chi connectivity index (χ1) is 13.8. The summed E-state index contributed by atoms with van der Waals surface area (Å²) in [6.45, 7) is 1.83. The van der Waals surface area contributed by atoms with Crippen LogP contribution in [0.2, 0.25) is 0 Å². The van der Waals surface area contributed by atoms with Gasteiger partial charge in [-0.2, -0.15) is 0 Å². The van der Waals surface area contributed by atoms with E-state index >= 15 is 0 Å². The van der Waals surface area contributed by atoms with Gasteiger partial charge >= 0.3 is 0 Å². The zero-order chi connectivity index (χ0) is 21.0. The highest BCUT2D eigenvalue weighted by atomic mass is 32.2. The van der Waals surface area contributed by atoms with E-state index in [9.17, 15) is 13.2 Å². The summed E-state index contributed by atoms with van der Waals surface area (Å²) in [6, 6.07) is 22.6. The molecule has 0 fully saturated rings. The van der Waals surface area contributed by atoms with Crippen LogP contribution in [0, 0.1) is 6.92 Å². The van der Waals surface area contributed by atoms with Crippen LogP contribution in [0.1, 0.15) is 11.1 Å². The molecular formula is C23H24N2O3S. The van der Waals surface area contributed by atoms with Gasteiger partial charge in [-0.25, -0.2) is 12.7 Å². The molecule has 0 aliphatic heterocycles. The Labute approximate surface area is 172 Å². The Morgan fingerprint density at radius 3 is 2.14 bits per heavy atom. The average molecular weight is 409 g/mol. The number of benzene rings is 3. The maximum Gasteiger partial charge on any atom is 0.242 e. The topological polar surface area (TPSA) is 66.5 Å². The van der Waals surface area contributed by atoms with Crippen molar-refractivity contribution >= 4 is 21.6 Å². The first-order valence-electron chi connectivity index (χ1n) is 9.25. The quantitative estimate of drug-likeness (QED) is 0.668. The zero-order valence-corrected chi connectivity index (χ0v) is 17.5. The predicted octanol–water partition coefficient (Wildman–Crippen LogP) is 4.09. The van der Waals surface area contributed by atoms with Gasteiger partial charge in [0, 0.05) is 19.8 Å². The van der Waals surface area contributed by atoms with E-state index < -0.39 is 10.0 Å². The van der Waals surface area contributed by atoms with E-state index in [2.05, 4.69) is 5.32 Å². The van der Waals surface area contributed by atoms with Gasteiger partial charge in [0.2, 0.25) is 15.9 Å². The van der Waals surface area contributed by atoms with Crippen LogP contribution in [0.5, 0.6) is 0 Å². The molecule has 1 amide bonds. The van der Waals surface area contributed by atoms with Gasteiger partial charge in [0.05, 0.1) is 11.3 Å². The fourth-order valence-corrected chi connectivity index (χ4v) is 3.86. The molecule has 150 valence electrons. The first-order valence-corrected chi connectivity index (χ1v) is 10.7. The number of sulfonamides is 1. The molecule has 3 aromatic carbocycles. The summed E-state index contributed by atoms with van der Waals surface area (Å²) in [4.78, 5) is 12.7. The van der Waals surface area contributed by atoms with E-state index in [4.69, 9.17) is 0 Å². The van der Waals surface area contributed by atoms with Gasteiger partial charge < -0.3 is 5.32 Å². The maximum atomic E-state index is 12.5. The molecule has 0 aliphatic rings. The summed E-state index contributed by atoms with van der Waals surface area (Å²) < 4.78 is 25.8. The third-order valence-electron chi connectivity index (χ3n) is 4.69. The SMILES string of the molecule is Cc1ccc(S(=O)(=O)N(C)C)cc1NC(=O)Cc1ccc(-c2ccccc2)cc1. The molecule has 5 nitrogen and oxygen atoms in total. The largest absolute Gasteiger partial charge is 0.326 e. The van der Waals surface area contributed by atoms with Gasteiger partial charge in [-0.3, -0.25) is 4.79 Å². The molecule has 0 aromatic heterocycles. The van der Waals surface area contributed by atoms with E-state index in [0.29, 0.717) is 5.69 Å². The van der Waals surface area contributed by atoms with Gasteiger partial charge in [0.15, 0.2) is 0 Å². The molecule has 29 heavy (non-hydrogen) atoms. The van der Waals surface area contributed by atoms with Crippen molar-refractivity contribution in [3.05, 3.63) is 83.9 Å². The predicted molar refractivity (Wildman–Crippen MR) is 116 cm³/mol. The number of carbonyl (C=O) groups is 1. The smallest absolute Gasteiger partial charge is 0.242 e. The minimum atomic E-state index is -3.56. The number of rotatable bonds is 6. The second kappa shape index (κ2) is 8.59. The second-order valence-corrected chi connectivity index (χ2v) is 9.20. The van der Waals surface area contributed by atoms with Gasteiger partial charge in [-0.05, 0) is 41.3 Å². The lowest BCUT2D eigenvalue weighted by atomic mass is 10.0. The molecule has 0 atom stereocenters. The number of carbonyl (C=O) groups excluding carboxylic acids is 1. The fourth-order valence-electron chi connectivity index (χ4n) is 2.93. The van der Waals surface area contributed by atoms with Crippen molar-refractivity contribution in [3.8, 4) is 11.1 Å². The Morgan fingerprint density at radius 2 is 1.52 bits per heavy atom. The second-order valence-electron chi connectivity index (χ2n) is 7.05. The summed E-state index contributed by atoms with van der Waals surface area (Å²) in [7, 11) is -0.603. The summed E-state index contributed by atoms with van der Waals surface area (Å²) in [5.41, 5.74) is 4.40. The van der Waals surface area contributed by atoms with E-state index in [1.165, 1.54) is 20.2 Å². The number of hydrogen-bond acceptors (Lipinski definition) is 3. The highest BCUT2D eigenvalue weighted by Crippen LogP contribution is 2.23. The average Bonchev–Trinajstić information content (AvgIpc) is 2.70. The Balaban J connectivity index is 1.73. The fraction of sp³-hybridized carbons (Fsp3) is 0.174. The molecule has 0 spiro atoms. The van der Waals surface area contributed by atoms with Crippen molar-refractivity contribution in [1.82, 2.24) is 4.31 Å². The Morgan fingerprint density at radius 1 is 0.897 bits per heavy atom. The summed E-state index contributed by atoms with van der Waals surface area (Å²) in [5, 5.41) is 2.83. The number of amides is 1. The third-order valence-corrected chi connectivity index (χ3v) is 6.50. The first kappa shape index (κ1) is 20.8. The van der Waals surface area contributed by atoms with Crippen molar-refractivity contribution < 1.29 is 13.2 Å². The number of nitrogens with zero attached hydrogens (tertiary/aromatic N) is 1. The zero-order valence-electron chi connectivity index (χ0n) is 16.7. The van der Waals surface area contributed by atoms with Crippen molar-refractivity contribution in [2.75, 3.05) is 19.4 Å². The Bertz CT molecular complexity index is 1110. The van der Waals surface area contributed by atoms with Crippen LogP contribution in [-0.2, 0) is 21.2 Å². The van der Waals surface area contributed by atoms with Crippen LogP contribution in [0.3, 0.4) is 0 Å². The molecule has 0 aliphatic carbocycles. The normalized spacial score (nSPS) is 11.4. The summed E-state index contributed by atoms with van der Waals surface area (Å²) >= 11 is 0. The van der Waals surface area contributed by atoms with Gasteiger partial charge in [0.1, 0.15) is 0 Å². The van der Waals surface area contributed by atoms with Crippen LogP contribution >= 0.6 is 0 Å². The lowest BCUT2D eigenvalue weighted by Crippen LogP contribution is -2.22. The van der Waals surface area contributed by atoms with Gasteiger partial charge in [-0.15, -0.1) is 0 Å². The molecular weight excluding hydrogens is 384 g/mol.